The maximum absolute atomic E-state index is 11.9. The molecule has 1 amide bonds. The van der Waals surface area contributed by atoms with Crippen molar-refractivity contribution in [1.29, 1.82) is 0 Å². The molecule has 0 aliphatic carbocycles. The molecule has 0 saturated carbocycles. The fourth-order valence-electron chi connectivity index (χ4n) is 1.77. The Morgan fingerprint density at radius 3 is 2.76 bits per heavy atom. The number of carbonyl (C=O) groups is 1. The highest BCUT2D eigenvalue weighted by atomic mass is 35.5. The summed E-state index contributed by atoms with van der Waals surface area (Å²) in [7, 11) is 0. The molecule has 0 aliphatic heterocycles. The Labute approximate surface area is 128 Å². The lowest BCUT2D eigenvalue weighted by atomic mass is 10.2. The normalized spacial score (nSPS) is 10.5. The van der Waals surface area contributed by atoms with Crippen molar-refractivity contribution in [2.75, 3.05) is 5.32 Å². The number of halogens is 1. The highest BCUT2D eigenvalue weighted by molar-refractivity contribution is 6.31. The second-order valence-electron chi connectivity index (χ2n) is 4.95. The van der Waals surface area contributed by atoms with Crippen LogP contribution in [-0.2, 0) is 0 Å². The van der Waals surface area contributed by atoms with Crippen LogP contribution < -0.4 is 10.6 Å². The summed E-state index contributed by atoms with van der Waals surface area (Å²) in [6.45, 7) is 5.71. The monoisotopic (exact) mass is 304 g/mol. The zero-order chi connectivity index (χ0) is 15.4. The SMILES string of the molecule is Cc1c(Cl)cccc1Nc1cc(C(=O)NC(C)C)ncn1. The van der Waals surface area contributed by atoms with E-state index in [0.717, 1.165) is 11.3 Å². The van der Waals surface area contributed by atoms with Crippen LogP contribution in [0.3, 0.4) is 0 Å². The van der Waals surface area contributed by atoms with Gasteiger partial charge in [0.2, 0.25) is 0 Å². The summed E-state index contributed by atoms with van der Waals surface area (Å²) in [5.41, 5.74) is 2.09. The van der Waals surface area contributed by atoms with Crippen molar-refractivity contribution in [2.45, 2.75) is 26.8 Å². The summed E-state index contributed by atoms with van der Waals surface area (Å²) >= 11 is 6.08. The van der Waals surface area contributed by atoms with E-state index in [2.05, 4.69) is 20.6 Å². The summed E-state index contributed by atoms with van der Waals surface area (Å²) in [5, 5.41) is 6.61. The van der Waals surface area contributed by atoms with Crippen LogP contribution in [0.15, 0.2) is 30.6 Å². The first kappa shape index (κ1) is 15.3. The van der Waals surface area contributed by atoms with Gasteiger partial charge in [0.25, 0.3) is 5.91 Å². The molecular weight excluding hydrogens is 288 g/mol. The van der Waals surface area contributed by atoms with Crippen LogP contribution in [0.2, 0.25) is 5.02 Å². The predicted molar refractivity (Wildman–Crippen MR) is 84.1 cm³/mol. The zero-order valence-electron chi connectivity index (χ0n) is 12.1. The molecule has 5 nitrogen and oxygen atoms in total. The molecule has 2 rings (SSSR count). The molecule has 21 heavy (non-hydrogen) atoms. The lowest BCUT2D eigenvalue weighted by Gasteiger charge is -2.11. The third-order valence-electron chi connectivity index (χ3n) is 2.85. The van der Waals surface area contributed by atoms with Gasteiger partial charge in [0.05, 0.1) is 0 Å². The minimum absolute atomic E-state index is 0.0547. The fourth-order valence-corrected chi connectivity index (χ4v) is 1.94. The first-order valence-corrected chi connectivity index (χ1v) is 7.00. The number of hydrogen-bond acceptors (Lipinski definition) is 4. The van der Waals surface area contributed by atoms with Gasteiger partial charge in [-0.15, -0.1) is 0 Å². The Bertz CT molecular complexity index is 658. The van der Waals surface area contributed by atoms with E-state index in [1.165, 1.54) is 6.33 Å². The van der Waals surface area contributed by atoms with Crippen LogP contribution in [0, 0.1) is 6.92 Å². The van der Waals surface area contributed by atoms with Crippen LogP contribution in [0.4, 0.5) is 11.5 Å². The van der Waals surface area contributed by atoms with E-state index >= 15 is 0 Å². The second-order valence-corrected chi connectivity index (χ2v) is 5.36. The fraction of sp³-hybridized carbons (Fsp3) is 0.267. The molecule has 2 N–H and O–H groups in total. The third-order valence-corrected chi connectivity index (χ3v) is 3.26. The van der Waals surface area contributed by atoms with Crippen LogP contribution in [-0.4, -0.2) is 21.9 Å². The molecule has 6 heteroatoms. The molecule has 0 atom stereocenters. The van der Waals surface area contributed by atoms with Crippen molar-refractivity contribution in [3.05, 3.63) is 46.9 Å². The quantitative estimate of drug-likeness (QED) is 0.909. The average molecular weight is 305 g/mol. The Kier molecular flexibility index (Phi) is 4.75. The highest BCUT2D eigenvalue weighted by Crippen LogP contribution is 2.25. The standard InChI is InChI=1S/C15H17ClN4O/c1-9(2)19-15(21)13-7-14(18-8-17-13)20-12-6-4-5-11(16)10(12)3/h4-9H,1-3H3,(H,19,21)(H,17,18,20). The lowest BCUT2D eigenvalue weighted by Crippen LogP contribution is -2.30. The minimum atomic E-state index is -0.224. The molecule has 0 bridgehead atoms. The predicted octanol–water partition coefficient (Wildman–Crippen LogP) is 3.32. The van der Waals surface area contributed by atoms with Crippen molar-refractivity contribution in [3.8, 4) is 0 Å². The van der Waals surface area contributed by atoms with Gasteiger partial charge in [0.15, 0.2) is 0 Å². The summed E-state index contributed by atoms with van der Waals surface area (Å²) in [6.07, 6.45) is 1.36. The Morgan fingerprint density at radius 2 is 2.05 bits per heavy atom. The van der Waals surface area contributed by atoms with E-state index in [-0.39, 0.29) is 11.9 Å². The van der Waals surface area contributed by atoms with Gasteiger partial charge in [-0.25, -0.2) is 9.97 Å². The van der Waals surface area contributed by atoms with Crippen molar-refractivity contribution in [3.63, 3.8) is 0 Å². The van der Waals surface area contributed by atoms with Crippen molar-refractivity contribution in [2.24, 2.45) is 0 Å². The first-order valence-electron chi connectivity index (χ1n) is 6.62. The van der Waals surface area contributed by atoms with Crippen molar-refractivity contribution < 1.29 is 4.79 Å². The number of nitrogens with zero attached hydrogens (tertiary/aromatic N) is 2. The maximum atomic E-state index is 11.9. The van der Waals surface area contributed by atoms with Gasteiger partial charge >= 0.3 is 0 Å². The van der Waals surface area contributed by atoms with Crippen LogP contribution in [0.1, 0.15) is 29.9 Å². The molecular formula is C15H17ClN4O. The second kappa shape index (κ2) is 6.54. The largest absolute Gasteiger partial charge is 0.349 e. The number of carbonyl (C=O) groups excluding carboxylic acids is 1. The van der Waals surface area contributed by atoms with Gasteiger partial charge in [-0.1, -0.05) is 17.7 Å². The molecule has 0 radical (unpaired) electrons. The van der Waals surface area contributed by atoms with Crippen LogP contribution >= 0.6 is 11.6 Å². The van der Waals surface area contributed by atoms with Gasteiger partial charge < -0.3 is 10.6 Å². The molecule has 110 valence electrons. The van der Waals surface area contributed by atoms with Crippen molar-refractivity contribution in [1.82, 2.24) is 15.3 Å². The summed E-state index contributed by atoms with van der Waals surface area (Å²) in [5.74, 6) is 0.322. The Balaban J connectivity index is 2.22. The molecule has 2 aromatic rings. The van der Waals surface area contributed by atoms with E-state index in [4.69, 9.17) is 11.6 Å². The Morgan fingerprint density at radius 1 is 1.29 bits per heavy atom. The number of aromatic nitrogens is 2. The Hall–Kier alpha value is -2.14. The van der Waals surface area contributed by atoms with Crippen LogP contribution in [0.5, 0.6) is 0 Å². The van der Waals surface area contributed by atoms with E-state index in [1.807, 2.05) is 39.0 Å². The minimum Gasteiger partial charge on any atom is -0.349 e. The number of nitrogens with one attached hydrogen (secondary N) is 2. The molecule has 0 saturated heterocycles. The van der Waals surface area contributed by atoms with E-state index in [1.54, 1.807) is 6.07 Å². The summed E-state index contributed by atoms with van der Waals surface area (Å²) < 4.78 is 0. The smallest absolute Gasteiger partial charge is 0.270 e. The van der Waals surface area contributed by atoms with E-state index in [0.29, 0.717) is 16.5 Å². The molecule has 1 aromatic heterocycles. The number of benzene rings is 1. The molecule has 1 aromatic carbocycles. The number of rotatable bonds is 4. The number of hydrogen-bond donors (Lipinski definition) is 2. The zero-order valence-corrected chi connectivity index (χ0v) is 12.9. The summed E-state index contributed by atoms with van der Waals surface area (Å²) in [6, 6.07) is 7.24. The van der Waals surface area contributed by atoms with E-state index < -0.39 is 0 Å². The third kappa shape index (κ3) is 3.92. The van der Waals surface area contributed by atoms with E-state index in [9.17, 15) is 4.79 Å². The maximum Gasteiger partial charge on any atom is 0.270 e. The van der Waals surface area contributed by atoms with Gasteiger partial charge in [0.1, 0.15) is 17.8 Å². The van der Waals surface area contributed by atoms with Gasteiger partial charge in [-0.05, 0) is 38.5 Å². The lowest BCUT2D eigenvalue weighted by molar-refractivity contribution is 0.0938. The topological polar surface area (TPSA) is 66.9 Å². The van der Waals surface area contributed by atoms with Crippen molar-refractivity contribution >= 4 is 29.0 Å². The molecule has 0 fully saturated rings. The molecule has 1 heterocycles. The molecule has 0 aliphatic rings. The first-order chi connectivity index (χ1) is 9.97. The van der Waals surface area contributed by atoms with Crippen LogP contribution in [0.25, 0.3) is 0 Å². The number of anilines is 2. The van der Waals surface area contributed by atoms with Gasteiger partial charge in [0, 0.05) is 22.8 Å². The summed E-state index contributed by atoms with van der Waals surface area (Å²) in [4.78, 5) is 20.0. The number of amides is 1. The van der Waals surface area contributed by atoms with Gasteiger partial charge in [-0.2, -0.15) is 0 Å². The molecule has 0 unspecified atom stereocenters. The average Bonchev–Trinajstić information content (AvgIpc) is 2.43. The molecule has 0 spiro atoms. The van der Waals surface area contributed by atoms with Gasteiger partial charge in [-0.3, -0.25) is 4.79 Å². The highest BCUT2D eigenvalue weighted by Gasteiger charge is 2.10.